The van der Waals surface area contributed by atoms with E-state index >= 15 is 0 Å². The summed E-state index contributed by atoms with van der Waals surface area (Å²) in [5.41, 5.74) is 3.92. The Labute approximate surface area is 148 Å². The molecular weight excluding hydrogens is 320 g/mol. The fourth-order valence-electron chi connectivity index (χ4n) is 4.07. The number of fused-ring (bicyclic) bond motifs is 2. The Balaban J connectivity index is 1.74. The molecule has 24 heavy (non-hydrogen) atoms. The number of nitrogens with zero attached hydrogens (tertiary/aromatic N) is 2. The molecule has 0 N–H and O–H groups in total. The van der Waals surface area contributed by atoms with Crippen molar-refractivity contribution in [3.05, 3.63) is 40.0 Å². The third kappa shape index (κ3) is 2.69. The maximum Gasteiger partial charge on any atom is 0.254 e. The monoisotopic (exact) mass is 342 g/mol. The fraction of sp³-hybridized carbons (Fsp3) is 0.500. The topological polar surface area (TPSA) is 33.2 Å². The van der Waals surface area contributed by atoms with E-state index < -0.39 is 0 Å². The molecule has 3 nitrogen and oxygen atoms in total. The van der Waals surface area contributed by atoms with Gasteiger partial charge in [-0.2, -0.15) is 0 Å². The van der Waals surface area contributed by atoms with Gasteiger partial charge in [-0.05, 0) is 69.6 Å². The highest BCUT2D eigenvalue weighted by Gasteiger charge is 2.25. The molecule has 1 aromatic carbocycles. The zero-order valence-corrected chi connectivity index (χ0v) is 14.9. The Morgan fingerprint density at radius 3 is 2.88 bits per heavy atom. The molecule has 1 saturated heterocycles. The summed E-state index contributed by atoms with van der Waals surface area (Å²) < 4.78 is 0. The first-order valence-electron chi connectivity index (χ1n) is 9.07. The number of piperidine rings is 1. The molecular formula is C20H23ClN2O. The van der Waals surface area contributed by atoms with Crippen molar-refractivity contribution >= 4 is 28.4 Å². The van der Waals surface area contributed by atoms with E-state index in [-0.39, 0.29) is 5.91 Å². The van der Waals surface area contributed by atoms with E-state index in [1.165, 1.54) is 24.8 Å². The third-order valence-corrected chi connectivity index (χ3v) is 5.94. The van der Waals surface area contributed by atoms with Gasteiger partial charge in [0.2, 0.25) is 0 Å². The number of pyridine rings is 1. The third-order valence-electron chi connectivity index (χ3n) is 5.50. The SMILES string of the molecule is CC1CCCCN1C(=O)c1ccc2c(Cl)c3c(nc2c1)CCCC3. The Kier molecular flexibility index (Phi) is 4.21. The number of amides is 1. The van der Waals surface area contributed by atoms with Crippen LogP contribution in [0.25, 0.3) is 10.9 Å². The quantitative estimate of drug-likeness (QED) is 0.747. The first kappa shape index (κ1) is 15.9. The highest BCUT2D eigenvalue weighted by atomic mass is 35.5. The predicted molar refractivity (Wildman–Crippen MR) is 97.7 cm³/mol. The molecule has 4 rings (SSSR count). The van der Waals surface area contributed by atoms with Gasteiger partial charge in [-0.25, -0.2) is 0 Å². The lowest BCUT2D eigenvalue weighted by Gasteiger charge is -2.33. The Morgan fingerprint density at radius 1 is 1.21 bits per heavy atom. The summed E-state index contributed by atoms with van der Waals surface area (Å²) in [5, 5.41) is 1.81. The Hall–Kier alpha value is -1.61. The zero-order chi connectivity index (χ0) is 16.7. The minimum Gasteiger partial charge on any atom is -0.336 e. The van der Waals surface area contributed by atoms with Crippen LogP contribution < -0.4 is 0 Å². The van der Waals surface area contributed by atoms with Gasteiger partial charge in [0.15, 0.2) is 0 Å². The van der Waals surface area contributed by atoms with Crippen LogP contribution in [-0.4, -0.2) is 28.4 Å². The Morgan fingerprint density at radius 2 is 2.04 bits per heavy atom. The maximum absolute atomic E-state index is 12.9. The van der Waals surface area contributed by atoms with E-state index in [4.69, 9.17) is 16.6 Å². The van der Waals surface area contributed by atoms with E-state index in [1.807, 2.05) is 23.1 Å². The lowest BCUT2D eigenvalue weighted by Crippen LogP contribution is -2.42. The summed E-state index contributed by atoms with van der Waals surface area (Å²) in [6.45, 7) is 3.00. The zero-order valence-electron chi connectivity index (χ0n) is 14.1. The van der Waals surface area contributed by atoms with Gasteiger partial charge >= 0.3 is 0 Å². The van der Waals surface area contributed by atoms with Gasteiger partial charge in [-0.15, -0.1) is 0 Å². The van der Waals surface area contributed by atoms with Crippen LogP contribution in [0.4, 0.5) is 0 Å². The lowest BCUT2D eigenvalue weighted by atomic mass is 9.94. The van der Waals surface area contributed by atoms with Crippen molar-refractivity contribution in [1.82, 2.24) is 9.88 Å². The minimum atomic E-state index is 0.125. The first-order valence-corrected chi connectivity index (χ1v) is 9.45. The van der Waals surface area contributed by atoms with E-state index in [0.29, 0.717) is 6.04 Å². The standard InChI is InChI=1S/C20H23ClN2O/c1-13-6-4-5-11-23(13)20(24)14-9-10-16-18(12-14)22-17-8-3-2-7-15(17)19(16)21/h9-10,12-13H,2-8,11H2,1H3. The lowest BCUT2D eigenvalue weighted by molar-refractivity contribution is 0.0636. The van der Waals surface area contributed by atoms with Crippen LogP contribution >= 0.6 is 11.6 Å². The molecule has 2 heterocycles. The largest absolute Gasteiger partial charge is 0.336 e. The number of hydrogen-bond acceptors (Lipinski definition) is 2. The summed E-state index contributed by atoms with van der Waals surface area (Å²) in [6, 6.07) is 6.14. The molecule has 126 valence electrons. The molecule has 1 atom stereocenters. The fourth-order valence-corrected chi connectivity index (χ4v) is 4.43. The summed E-state index contributed by atoms with van der Waals surface area (Å²) >= 11 is 6.63. The molecule has 4 heteroatoms. The van der Waals surface area contributed by atoms with Gasteiger partial charge < -0.3 is 4.90 Å². The highest BCUT2D eigenvalue weighted by molar-refractivity contribution is 6.36. The first-order chi connectivity index (χ1) is 11.6. The molecule has 1 unspecified atom stereocenters. The van der Waals surface area contributed by atoms with Crippen LogP contribution in [0.2, 0.25) is 5.02 Å². The molecule has 0 spiro atoms. The molecule has 1 fully saturated rings. The number of aromatic nitrogens is 1. The molecule has 1 aliphatic carbocycles. The Bertz CT molecular complexity index is 802. The van der Waals surface area contributed by atoms with Crippen molar-refractivity contribution in [3.8, 4) is 0 Å². The van der Waals surface area contributed by atoms with Gasteiger partial charge in [0, 0.05) is 29.2 Å². The molecule has 1 aromatic heterocycles. The average molecular weight is 343 g/mol. The molecule has 0 radical (unpaired) electrons. The van der Waals surface area contributed by atoms with E-state index in [9.17, 15) is 4.79 Å². The van der Waals surface area contributed by atoms with Crippen molar-refractivity contribution in [3.63, 3.8) is 0 Å². The van der Waals surface area contributed by atoms with Gasteiger partial charge in [0.05, 0.1) is 10.5 Å². The molecule has 2 aliphatic rings. The summed E-state index contributed by atoms with van der Waals surface area (Å²) in [7, 11) is 0. The number of carbonyl (C=O) groups is 1. The number of aryl methyl sites for hydroxylation is 1. The van der Waals surface area contributed by atoms with Crippen LogP contribution in [0.15, 0.2) is 18.2 Å². The summed E-state index contributed by atoms with van der Waals surface area (Å²) in [5.74, 6) is 0.125. The molecule has 1 aliphatic heterocycles. The number of halogens is 1. The number of benzene rings is 1. The summed E-state index contributed by atoms with van der Waals surface area (Å²) in [6.07, 6.45) is 7.77. The number of carbonyl (C=O) groups excluding carboxylic acids is 1. The van der Waals surface area contributed by atoms with Gasteiger partial charge in [0.1, 0.15) is 0 Å². The van der Waals surface area contributed by atoms with Crippen LogP contribution in [0.5, 0.6) is 0 Å². The minimum absolute atomic E-state index is 0.125. The number of hydrogen-bond donors (Lipinski definition) is 0. The normalized spacial score (nSPS) is 20.9. The second kappa shape index (κ2) is 6.36. The van der Waals surface area contributed by atoms with Crippen molar-refractivity contribution in [2.45, 2.75) is 57.9 Å². The van der Waals surface area contributed by atoms with Gasteiger partial charge in [-0.3, -0.25) is 9.78 Å². The molecule has 1 amide bonds. The van der Waals surface area contributed by atoms with Gasteiger partial charge in [-0.1, -0.05) is 17.7 Å². The van der Waals surface area contributed by atoms with E-state index in [1.54, 1.807) is 0 Å². The highest BCUT2D eigenvalue weighted by Crippen LogP contribution is 2.33. The van der Waals surface area contributed by atoms with Gasteiger partial charge in [0.25, 0.3) is 5.91 Å². The molecule has 0 saturated carbocycles. The second-order valence-electron chi connectivity index (χ2n) is 7.13. The molecule has 0 bridgehead atoms. The average Bonchev–Trinajstić information content (AvgIpc) is 2.61. The van der Waals surface area contributed by atoms with Crippen LogP contribution in [0.1, 0.15) is 60.6 Å². The van der Waals surface area contributed by atoms with Crippen LogP contribution in [0, 0.1) is 0 Å². The van der Waals surface area contributed by atoms with E-state index in [0.717, 1.165) is 59.4 Å². The molecule has 2 aromatic rings. The van der Waals surface area contributed by atoms with Crippen molar-refractivity contribution in [1.29, 1.82) is 0 Å². The van der Waals surface area contributed by atoms with E-state index in [2.05, 4.69) is 6.92 Å². The summed E-state index contributed by atoms with van der Waals surface area (Å²) in [4.78, 5) is 19.7. The van der Waals surface area contributed by atoms with Crippen LogP contribution in [-0.2, 0) is 12.8 Å². The number of likely N-dealkylation sites (tertiary alicyclic amines) is 1. The van der Waals surface area contributed by atoms with Crippen LogP contribution in [0.3, 0.4) is 0 Å². The van der Waals surface area contributed by atoms with Crippen molar-refractivity contribution < 1.29 is 4.79 Å². The maximum atomic E-state index is 12.9. The van der Waals surface area contributed by atoms with Crippen molar-refractivity contribution in [2.24, 2.45) is 0 Å². The predicted octanol–water partition coefficient (Wildman–Crippen LogP) is 4.78. The second-order valence-corrected chi connectivity index (χ2v) is 7.51. The smallest absolute Gasteiger partial charge is 0.254 e. The van der Waals surface area contributed by atoms with Crippen molar-refractivity contribution in [2.75, 3.05) is 6.54 Å². The number of rotatable bonds is 1.